The Morgan fingerprint density at radius 3 is 2.67 bits per heavy atom. The lowest BCUT2D eigenvalue weighted by atomic mass is 10.1. The predicted octanol–water partition coefficient (Wildman–Crippen LogP) is 1.89. The second-order valence-corrected chi connectivity index (χ2v) is 6.21. The van der Waals surface area contributed by atoms with Gasteiger partial charge in [-0.25, -0.2) is 8.42 Å². The molecule has 2 rings (SSSR count). The van der Waals surface area contributed by atoms with Crippen LogP contribution in [0.5, 0.6) is 0 Å². The van der Waals surface area contributed by atoms with Crippen molar-refractivity contribution < 1.29 is 8.42 Å². The Balaban J connectivity index is 2.73. The number of anilines is 1. The fraction of sp³-hybridized carbons (Fsp3) is 0.455. The van der Waals surface area contributed by atoms with Gasteiger partial charge in [0.25, 0.3) is 0 Å². The second kappa shape index (κ2) is 3.23. The van der Waals surface area contributed by atoms with E-state index < -0.39 is 9.84 Å². The number of sulfone groups is 1. The first-order valence-electron chi connectivity index (χ1n) is 5.01. The zero-order valence-corrected chi connectivity index (χ0v) is 9.98. The normalized spacial score (nSPS) is 23.0. The van der Waals surface area contributed by atoms with Gasteiger partial charge >= 0.3 is 0 Å². The smallest absolute Gasteiger partial charge is 0.182 e. The minimum absolute atomic E-state index is 0.0111. The van der Waals surface area contributed by atoms with E-state index in [1.165, 1.54) is 0 Å². The van der Waals surface area contributed by atoms with E-state index in [9.17, 15) is 8.42 Å². The van der Waals surface area contributed by atoms with Crippen molar-refractivity contribution in [3.63, 3.8) is 0 Å². The van der Waals surface area contributed by atoms with Crippen LogP contribution in [0.2, 0.25) is 0 Å². The van der Waals surface area contributed by atoms with Crippen LogP contribution >= 0.6 is 0 Å². The molecule has 1 unspecified atom stereocenters. The molecule has 3 nitrogen and oxygen atoms in total. The van der Waals surface area contributed by atoms with Gasteiger partial charge in [-0.15, -0.1) is 0 Å². The van der Waals surface area contributed by atoms with Crippen LogP contribution < -0.4 is 5.32 Å². The molecule has 4 heteroatoms. The number of fused-ring (bicyclic) bond motifs is 1. The molecular formula is C11H15NO2S. The molecule has 1 aromatic carbocycles. The number of benzene rings is 1. The fourth-order valence-electron chi connectivity index (χ4n) is 1.94. The molecule has 0 aliphatic carbocycles. The number of hydrogen-bond donors (Lipinski definition) is 1. The van der Waals surface area contributed by atoms with E-state index >= 15 is 0 Å². The monoisotopic (exact) mass is 225 g/mol. The van der Waals surface area contributed by atoms with Crippen molar-refractivity contribution >= 4 is 15.5 Å². The van der Waals surface area contributed by atoms with Gasteiger partial charge in [-0.05, 0) is 38.0 Å². The quantitative estimate of drug-likeness (QED) is 0.733. The molecule has 0 fully saturated rings. The zero-order chi connectivity index (χ0) is 11.2. The van der Waals surface area contributed by atoms with E-state index in [1.807, 2.05) is 26.8 Å². The molecule has 1 aromatic rings. The number of rotatable bonds is 0. The molecule has 0 aromatic heterocycles. The molecule has 1 aliphatic heterocycles. The molecular weight excluding hydrogens is 210 g/mol. The third kappa shape index (κ3) is 1.63. The molecule has 0 amide bonds. The van der Waals surface area contributed by atoms with Crippen molar-refractivity contribution in [2.75, 3.05) is 11.1 Å². The molecule has 1 N–H and O–H groups in total. The van der Waals surface area contributed by atoms with Gasteiger partial charge in [0.15, 0.2) is 9.84 Å². The Morgan fingerprint density at radius 1 is 1.33 bits per heavy atom. The third-order valence-electron chi connectivity index (χ3n) is 2.89. The SMILES string of the molecule is Cc1ccc2c(c1C)NC(C)CS2(=O)=O. The molecule has 1 heterocycles. The van der Waals surface area contributed by atoms with Crippen molar-refractivity contribution in [1.29, 1.82) is 0 Å². The van der Waals surface area contributed by atoms with E-state index in [-0.39, 0.29) is 11.8 Å². The topological polar surface area (TPSA) is 46.2 Å². The highest BCUT2D eigenvalue weighted by molar-refractivity contribution is 7.91. The Bertz CT molecular complexity index is 506. The molecule has 15 heavy (non-hydrogen) atoms. The van der Waals surface area contributed by atoms with Crippen LogP contribution in [0.3, 0.4) is 0 Å². The molecule has 1 atom stereocenters. The van der Waals surface area contributed by atoms with Crippen LogP contribution in [0.15, 0.2) is 17.0 Å². The summed E-state index contributed by atoms with van der Waals surface area (Å²) in [6.45, 7) is 5.83. The van der Waals surface area contributed by atoms with Gasteiger partial charge < -0.3 is 5.32 Å². The Hall–Kier alpha value is -1.03. The van der Waals surface area contributed by atoms with Gasteiger partial charge in [-0.3, -0.25) is 0 Å². The van der Waals surface area contributed by atoms with Crippen LogP contribution in [-0.2, 0) is 9.84 Å². The molecule has 0 saturated carbocycles. The minimum Gasteiger partial charge on any atom is -0.380 e. The standard InChI is InChI=1S/C11H15NO2S/c1-7-4-5-10-11(9(7)3)12-8(2)6-15(10,13)14/h4-5,8,12H,6H2,1-3H3. The lowest BCUT2D eigenvalue weighted by Gasteiger charge is -2.26. The molecule has 82 valence electrons. The van der Waals surface area contributed by atoms with Crippen molar-refractivity contribution in [3.8, 4) is 0 Å². The lowest BCUT2D eigenvalue weighted by molar-refractivity contribution is 0.588. The highest BCUT2D eigenvalue weighted by Crippen LogP contribution is 2.32. The van der Waals surface area contributed by atoms with E-state index in [0.29, 0.717) is 4.90 Å². The highest BCUT2D eigenvalue weighted by atomic mass is 32.2. The summed E-state index contributed by atoms with van der Waals surface area (Å²) in [6, 6.07) is 3.55. The van der Waals surface area contributed by atoms with E-state index in [1.54, 1.807) is 6.07 Å². The summed E-state index contributed by atoms with van der Waals surface area (Å²) in [5, 5.41) is 3.25. The van der Waals surface area contributed by atoms with Crippen LogP contribution in [0.4, 0.5) is 5.69 Å². The maximum Gasteiger partial charge on any atom is 0.182 e. The Kier molecular flexibility index (Phi) is 2.26. The van der Waals surface area contributed by atoms with Crippen molar-refractivity contribution in [2.24, 2.45) is 0 Å². The maximum absolute atomic E-state index is 11.9. The third-order valence-corrected chi connectivity index (χ3v) is 4.84. The van der Waals surface area contributed by atoms with Gasteiger partial charge in [0.05, 0.1) is 16.3 Å². The van der Waals surface area contributed by atoms with E-state index in [4.69, 9.17) is 0 Å². The fourth-order valence-corrected chi connectivity index (χ4v) is 3.66. The van der Waals surface area contributed by atoms with Crippen molar-refractivity contribution in [2.45, 2.75) is 31.7 Å². The van der Waals surface area contributed by atoms with Gasteiger partial charge in [-0.1, -0.05) is 6.07 Å². The Labute approximate surface area is 90.4 Å². The molecule has 0 spiro atoms. The van der Waals surface area contributed by atoms with Gasteiger partial charge in [0.1, 0.15) is 0 Å². The summed E-state index contributed by atoms with van der Waals surface area (Å²) in [7, 11) is -3.09. The van der Waals surface area contributed by atoms with Gasteiger partial charge in [-0.2, -0.15) is 0 Å². The molecule has 0 radical (unpaired) electrons. The first kappa shape index (κ1) is 10.5. The summed E-state index contributed by atoms with van der Waals surface area (Å²) in [4.78, 5) is 0.448. The average molecular weight is 225 g/mol. The van der Waals surface area contributed by atoms with Crippen LogP contribution in [-0.4, -0.2) is 20.2 Å². The van der Waals surface area contributed by atoms with E-state index in [2.05, 4.69) is 5.32 Å². The second-order valence-electron chi connectivity index (χ2n) is 4.21. The summed E-state index contributed by atoms with van der Waals surface area (Å²) >= 11 is 0. The summed E-state index contributed by atoms with van der Waals surface area (Å²) in [5.41, 5.74) is 2.93. The molecule has 1 aliphatic rings. The zero-order valence-electron chi connectivity index (χ0n) is 9.16. The maximum atomic E-state index is 11.9. The minimum atomic E-state index is -3.09. The average Bonchev–Trinajstić information content (AvgIpc) is 2.10. The number of nitrogens with one attached hydrogen (secondary N) is 1. The summed E-state index contributed by atoms with van der Waals surface area (Å²) in [5.74, 6) is 0.183. The highest BCUT2D eigenvalue weighted by Gasteiger charge is 2.28. The van der Waals surface area contributed by atoms with Crippen LogP contribution in [0, 0.1) is 13.8 Å². The summed E-state index contributed by atoms with van der Waals surface area (Å²) in [6.07, 6.45) is 0. The van der Waals surface area contributed by atoms with Gasteiger partial charge in [0, 0.05) is 6.04 Å². The number of hydrogen-bond acceptors (Lipinski definition) is 3. The van der Waals surface area contributed by atoms with Crippen molar-refractivity contribution in [3.05, 3.63) is 23.3 Å². The van der Waals surface area contributed by atoms with Crippen molar-refractivity contribution in [1.82, 2.24) is 0 Å². The predicted molar refractivity (Wildman–Crippen MR) is 61.1 cm³/mol. The van der Waals surface area contributed by atoms with E-state index in [0.717, 1.165) is 16.8 Å². The first-order valence-corrected chi connectivity index (χ1v) is 6.66. The first-order chi connectivity index (χ1) is 6.92. The lowest BCUT2D eigenvalue weighted by Crippen LogP contribution is -2.32. The summed E-state index contributed by atoms with van der Waals surface area (Å²) < 4.78 is 23.8. The van der Waals surface area contributed by atoms with Crippen LogP contribution in [0.25, 0.3) is 0 Å². The molecule has 0 bridgehead atoms. The van der Waals surface area contributed by atoms with Crippen LogP contribution in [0.1, 0.15) is 18.1 Å². The largest absolute Gasteiger partial charge is 0.380 e. The Morgan fingerprint density at radius 2 is 2.00 bits per heavy atom. The van der Waals surface area contributed by atoms with Gasteiger partial charge in [0.2, 0.25) is 0 Å². The number of aryl methyl sites for hydroxylation is 1. The molecule has 0 saturated heterocycles.